The standard InChI is InChI=1S/C14H25NO/c1-11(2)7-6-8-13(5)9-10-15-14(16)12(3)4/h7,9,12H,6,8,10H2,1-5H3,(H,15,16)/b13-9+. The summed E-state index contributed by atoms with van der Waals surface area (Å²) in [7, 11) is 0. The fourth-order valence-corrected chi connectivity index (χ4v) is 1.22. The highest BCUT2D eigenvalue weighted by atomic mass is 16.1. The highest BCUT2D eigenvalue weighted by Gasteiger charge is 2.03. The van der Waals surface area contributed by atoms with Crippen molar-refractivity contribution in [2.45, 2.75) is 47.5 Å². The van der Waals surface area contributed by atoms with Crippen LogP contribution in [0.5, 0.6) is 0 Å². The number of hydrogen-bond acceptors (Lipinski definition) is 1. The lowest BCUT2D eigenvalue weighted by Crippen LogP contribution is -2.27. The molecule has 0 rings (SSSR count). The Bertz CT molecular complexity index is 270. The molecule has 0 aromatic carbocycles. The molecule has 0 bridgehead atoms. The highest BCUT2D eigenvalue weighted by molar-refractivity contribution is 5.77. The van der Waals surface area contributed by atoms with Crippen molar-refractivity contribution in [1.29, 1.82) is 0 Å². The maximum absolute atomic E-state index is 11.3. The molecule has 0 heterocycles. The molecule has 92 valence electrons. The summed E-state index contributed by atoms with van der Waals surface area (Å²) in [4.78, 5) is 11.3. The summed E-state index contributed by atoms with van der Waals surface area (Å²) in [6, 6.07) is 0. The number of amides is 1. The summed E-state index contributed by atoms with van der Waals surface area (Å²) in [6.45, 7) is 10.8. The van der Waals surface area contributed by atoms with Crippen molar-refractivity contribution >= 4 is 5.91 Å². The fourth-order valence-electron chi connectivity index (χ4n) is 1.22. The summed E-state index contributed by atoms with van der Waals surface area (Å²) in [5, 5.41) is 2.88. The number of carbonyl (C=O) groups excluding carboxylic acids is 1. The van der Waals surface area contributed by atoms with Crippen molar-refractivity contribution in [3.8, 4) is 0 Å². The third-order valence-corrected chi connectivity index (χ3v) is 2.34. The Balaban J connectivity index is 3.79. The predicted molar refractivity (Wildman–Crippen MR) is 70.3 cm³/mol. The first kappa shape index (κ1) is 14.9. The first-order valence-electron chi connectivity index (χ1n) is 6.00. The summed E-state index contributed by atoms with van der Waals surface area (Å²) in [5.41, 5.74) is 2.70. The fraction of sp³-hybridized carbons (Fsp3) is 0.643. The molecule has 0 radical (unpaired) electrons. The first-order valence-corrected chi connectivity index (χ1v) is 6.00. The zero-order valence-electron chi connectivity index (χ0n) is 11.3. The molecule has 0 fully saturated rings. The lowest BCUT2D eigenvalue weighted by molar-refractivity contribution is -0.123. The van der Waals surface area contributed by atoms with Gasteiger partial charge in [-0.2, -0.15) is 0 Å². The molecule has 0 aliphatic carbocycles. The second-order valence-electron chi connectivity index (χ2n) is 4.77. The van der Waals surface area contributed by atoms with E-state index >= 15 is 0 Å². The second-order valence-corrected chi connectivity index (χ2v) is 4.77. The van der Waals surface area contributed by atoms with Crippen molar-refractivity contribution in [3.63, 3.8) is 0 Å². The van der Waals surface area contributed by atoms with E-state index in [0.29, 0.717) is 6.54 Å². The molecule has 2 heteroatoms. The number of rotatable bonds is 6. The topological polar surface area (TPSA) is 29.1 Å². The van der Waals surface area contributed by atoms with E-state index in [9.17, 15) is 4.79 Å². The lowest BCUT2D eigenvalue weighted by atomic mass is 10.1. The first-order chi connectivity index (χ1) is 7.43. The van der Waals surface area contributed by atoms with Crippen molar-refractivity contribution < 1.29 is 4.79 Å². The van der Waals surface area contributed by atoms with Gasteiger partial charge in [0.1, 0.15) is 0 Å². The van der Waals surface area contributed by atoms with E-state index in [-0.39, 0.29) is 11.8 Å². The average molecular weight is 223 g/mol. The molecule has 0 aliphatic heterocycles. The summed E-state index contributed by atoms with van der Waals surface area (Å²) >= 11 is 0. The van der Waals surface area contributed by atoms with Crippen LogP contribution in [0.4, 0.5) is 0 Å². The van der Waals surface area contributed by atoms with Gasteiger partial charge in [-0.1, -0.05) is 37.1 Å². The van der Waals surface area contributed by atoms with Crippen LogP contribution in [0, 0.1) is 5.92 Å². The maximum atomic E-state index is 11.3. The Morgan fingerprint density at radius 1 is 1.19 bits per heavy atom. The third-order valence-electron chi connectivity index (χ3n) is 2.34. The second kappa shape index (κ2) is 8.14. The molecule has 0 saturated heterocycles. The SMILES string of the molecule is CC(C)=CCC/C(C)=C/CNC(=O)C(C)C. The van der Waals surface area contributed by atoms with Crippen LogP contribution in [0.15, 0.2) is 23.3 Å². The van der Waals surface area contributed by atoms with Crippen molar-refractivity contribution in [3.05, 3.63) is 23.3 Å². The summed E-state index contributed by atoms with van der Waals surface area (Å²) in [5.74, 6) is 0.188. The minimum atomic E-state index is 0.0689. The molecule has 0 aromatic rings. The van der Waals surface area contributed by atoms with Gasteiger partial charge in [0.25, 0.3) is 0 Å². The average Bonchev–Trinajstić information content (AvgIpc) is 2.16. The zero-order valence-corrected chi connectivity index (χ0v) is 11.3. The normalized spacial score (nSPS) is 11.5. The van der Waals surface area contributed by atoms with Gasteiger partial charge in [0, 0.05) is 12.5 Å². The number of nitrogens with one attached hydrogen (secondary N) is 1. The third kappa shape index (κ3) is 8.27. The summed E-state index contributed by atoms with van der Waals surface area (Å²) < 4.78 is 0. The van der Waals surface area contributed by atoms with Crippen LogP contribution in [0.3, 0.4) is 0 Å². The smallest absolute Gasteiger partial charge is 0.222 e. The molecular weight excluding hydrogens is 198 g/mol. The summed E-state index contributed by atoms with van der Waals surface area (Å²) in [6.07, 6.45) is 6.49. The lowest BCUT2D eigenvalue weighted by Gasteiger charge is -2.05. The van der Waals surface area contributed by atoms with Crippen LogP contribution in [-0.4, -0.2) is 12.5 Å². The molecule has 2 nitrogen and oxygen atoms in total. The van der Waals surface area contributed by atoms with Gasteiger partial charge in [0.15, 0.2) is 0 Å². The number of hydrogen-bond donors (Lipinski definition) is 1. The molecule has 0 aliphatic rings. The minimum absolute atomic E-state index is 0.0689. The van der Waals surface area contributed by atoms with E-state index in [1.807, 2.05) is 13.8 Å². The van der Waals surface area contributed by atoms with Gasteiger partial charge in [-0.3, -0.25) is 4.79 Å². The molecule has 0 aromatic heterocycles. The van der Waals surface area contributed by atoms with Crippen LogP contribution in [0.1, 0.15) is 47.5 Å². The van der Waals surface area contributed by atoms with Crippen LogP contribution >= 0.6 is 0 Å². The van der Waals surface area contributed by atoms with Gasteiger partial charge < -0.3 is 5.32 Å². The maximum Gasteiger partial charge on any atom is 0.222 e. The monoisotopic (exact) mass is 223 g/mol. The Hall–Kier alpha value is -1.05. The zero-order chi connectivity index (χ0) is 12.6. The van der Waals surface area contributed by atoms with E-state index < -0.39 is 0 Å². The van der Waals surface area contributed by atoms with Crippen LogP contribution in [0.25, 0.3) is 0 Å². The Kier molecular flexibility index (Phi) is 7.61. The number of carbonyl (C=O) groups is 1. The highest BCUT2D eigenvalue weighted by Crippen LogP contribution is 2.05. The van der Waals surface area contributed by atoms with Gasteiger partial charge in [-0.05, 0) is 33.6 Å². The number of allylic oxidation sites excluding steroid dienone is 3. The van der Waals surface area contributed by atoms with Crippen molar-refractivity contribution in [2.75, 3.05) is 6.54 Å². The van der Waals surface area contributed by atoms with E-state index in [1.165, 1.54) is 11.1 Å². The van der Waals surface area contributed by atoms with Gasteiger partial charge in [-0.15, -0.1) is 0 Å². The van der Waals surface area contributed by atoms with E-state index in [4.69, 9.17) is 0 Å². The molecule has 1 amide bonds. The van der Waals surface area contributed by atoms with Gasteiger partial charge >= 0.3 is 0 Å². The molecule has 0 unspecified atom stereocenters. The molecule has 1 N–H and O–H groups in total. The van der Waals surface area contributed by atoms with E-state index in [0.717, 1.165) is 12.8 Å². The van der Waals surface area contributed by atoms with Gasteiger partial charge in [-0.25, -0.2) is 0 Å². The Morgan fingerprint density at radius 3 is 2.31 bits per heavy atom. The quantitative estimate of drug-likeness (QED) is 0.687. The Labute approximate surface area is 99.8 Å². The van der Waals surface area contributed by atoms with Gasteiger partial charge in [0.05, 0.1) is 0 Å². The molecular formula is C14H25NO. The van der Waals surface area contributed by atoms with Crippen molar-refractivity contribution in [2.24, 2.45) is 5.92 Å². The predicted octanol–water partition coefficient (Wildman–Crippen LogP) is 3.45. The minimum Gasteiger partial charge on any atom is -0.352 e. The molecule has 16 heavy (non-hydrogen) atoms. The molecule has 0 saturated carbocycles. The Morgan fingerprint density at radius 2 is 1.81 bits per heavy atom. The van der Waals surface area contributed by atoms with Gasteiger partial charge in [0.2, 0.25) is 5.91 Å². The van der Waals surface area contributed by atoms with E-state index in [1.54, 1.807) is 0 Å². The largest absolute Gasteiger partial charge is 0.352 e. The molecule has 0 spiro atoms. The van der Waals surface area contributed by atoms with Crippen LogP contribution in [-0.2, 0) is 4.79 Å². The van der Waals surface area contributed by atoms with Crippen LogP contribution < -0.4 is 5.32 Å². The molecule has 0 atom stereocenters. The van der Waals surface area contributed by atoms with Crippen LogP contribution in [0.2, 0.25) is 0 Å². The van der Waals surface area contributed by atoms with Crippen molar-refractivity contribution in [1.82, 2.24) is 5.32 Å². The van der Waals surface area contributed by atoms with E-state index in [2.05, 4.69) is 38.2 Å².